The first kappa shape index (κ1) is 10.1. The molecule has 1 heterocycles. The van der Waals surface area contributed by atoms with Crippen LogP contribution in [0.2, 0.25) is 0 Å². The summed E-state index contributed by atoms with van der Waals surface area (Å²) in [4.78, 5) is 0. The Bertz CT molecular complexity index is 539. The minimum atomic E-state index is 0.667. The van der Waals surface area contributed by atoms with Crippen LogP contribution in [0.25, 0.3) is 12.2 Å². The minimum absolute atomic E-state index is 0.667. The zero-order valence-electron chi connectivity index (χ0n) is 8.54. The molecular weight excluding hydrogens is 198 g/mol. The molecule has 0 amide bonds. The van der Waals surface area contributed by atoms with Gasteiger partial charge in [-0.25, -0.2) is 0 Å². The van der Waals surface area contributed by atoms with Crippen molar-refractivity contribution >= 4 is 12.2 Å². The summed E-state index contributed by atoms with van der Waals surface area (Å²) in [5.41, 5.74) is 2.53. The molecule has 0 radical (unpaired) electrons. The van der Waals surface area contributed by atoms with Crippen molar-refractivity contribution in [3.63, 3.8) is 0 Å². The zero-order valence-corrected chi connectivity index (χ0v) is 8.54. The molecule has 0 saturated carbocycles. The normalized spacial score (nSPS) is 10.2. The second-order valence-corrected chi connectivity index (χ2v) is 3.21. The molecule has 0 N–H and O–H groups in total. The molecule has 16 heavy (non-hydrogen) atoms. The van der Waals surface area contributed by atoms with Crippen LogP contribution >= 0.6 is 0 Å². The maximum absolute atomic E-state index is 8.91. The number of aromatic nitrogens is 2. The Morgan fingerprint density at radius 1 is 1.06 bits per heavy atom. The predicted octanol–water partition coefficient (Wildman–Crippen LogP) is 2.52. The monoisotopic (exact) mass is 207 g/mol. The van der Waals surface area contributed by atoms with E-state index in [0.717, 1.165) is 11.1 Å². The fourth-order valence-electron chi connectivity index (χ4n) is 1.33. The Kier molecular flexibility index (Phi) is 3.05. The molecule has 1 aromatic carbocycles. The maximum Gasteiger partial charge on any atom is 0.0997 e. The van der Waals surface area contributed by atoms with Crippen LogP contribution in [0, 0.1) is 11.3 Å². The van der Waals surface area contributed by atoms with Crippen LogP contribution in [-0.4, -0.2) is 10.2 Å². The molecule has 0 aliphatic rings. The molecule has 0 fully saturated rings. The zero-order chi connectivity index (χ0) is 11.2. The van der Waals surface area contributed by atoms with Crippen LogP contribution in [0.4, 0.5) is 0 Å². The quantitative estimate of drug-likeness (QED) is 0.760. The van der Waals surface area contributed by atoms with Gasteiger partial charge in [-0.15, -0.1) is 0 Å². The van der Waals surface area contributed by atoms with Gasteiger partial charge in [-0.1, -0.05) is 30.4 Å². The van der Waals surface area contributed by atoms with Gasteiger partial charge in [0.25, 0.3) is 0 Å². The summed E-state index contributed by atoms with van der Waals surface area (Å²) in [6.45, 7) is 0. The largest absolute Gasteiger partial charge is 0.192 e. The number of nitriles is 1. The van der Waals surface area contributed by atoms with Gasteiger partial charge in [-0.05, 0) is 23.3 Å². The van der Waals surface area contributed by atoms with Gasteiger partial charge in [0.15, 0.2) is 0 Å². The number of nitrogens with zero attached hydrogens (tertiary/aromatic N) is 3. The third-order valence-electron chi connectivity index (χ3n) is 2.14. The van der Waals surface area contributed by atoms with Crippen LogP contribution in [0.15, 0.2) is 42.7 Å². The molecule has 0 atom stereocenters. The average Bonchev–Trinajstić information content (AvgIpc) is 2.38. The molecule has 0 saturated heterocycles. The fourth-order valence-corrected chi connectivity index (χ4v) is 1.33. The molecular formula is C13H9N3. The summed E-state index contributed by atoms with van der Waals surface area (Å²) in [6.07, 6.45) is 7.11. The van der Waals surface area contributed by atoms with E-state index in [4.69, 9.17) is 5.26 Å². The lowest BCUT2D eigenvalue weighted by molar-refractivity contribution is 1.03. The van der Waals surface area contributed by atoms with E-state index in [1.54, 1.807) is 18.5 Å². The highest BCUT2D eigenvalue weighted by Gasteiger charge is 1.95. The van der Waals surface area contributed by atoms with E-state index in [0.29, 0.717) is 5.56 Å². The molecule has 2 rings (SSSR count). The summed E-state index contributed by atoms with van der Waals surface area (Å²) in [7, 11) is 0. The van der Waals surface area contributed by atoms with Crippen molar-refractivity contribution in [3.05, 3.63) is 59.4 Å². The first-order chi connectivity index (χ1) is 7.90. The summed E-state index contributed by atoms with van der Waals surface area (Å²) in [5, 5.41) is 16.4. The summed E-state index contributed by atoms with van der Waals surface area (Å²) >= 11 is 0. The average molecular weight is 207 g/mol. The number of hydrogen-bond donors (Lipinski definition) is 0. The molecule has 3 heteroatoms. The van der Waals surface area contributed by atoms with Crippen molar-refractivity contribution in [1.82, 2.24) is 10.2 Å². The molecule has 0 unspecified atom stereocenters. The van der Waals surface area contributed by atoms with Crippen LogP contribution in [0.3, 0.4) is 0 Å². The second-order valence-electron chi connectivity index (χ2n) is 3.21. The number of rotatable bonds is 2. The van der Waals surface area contributed by atoms with Crippen molar-refractivity contribution in [2.45, 2.75) is 0 Å². The van der Waals surface area contributed by atoms with Crippen molar-refractivity contribution < 1.29 is 0 Å². The molecule has 3 nitrogen and oxygen atoms in total. The van der Waals surface area contributed by atoms with E-state index in [-0.39, 0.29) is 0 Å². The predicted molar refractivity (Wildman–Crippen MR) is 62.1 cm³/mol. The van der Waals surface area contributed by atoms with Crippen molar-refractivity contribution in [3.8, 4) is 6.07 Å². The van der Waals surface area contributed by atoms with E-state index >= 15 is 0 Å². The van der Waals surface area contributed by atoms with Gasteiger partial charge in [0.05, 0.1) is 24.0 Å². The number of benzene rings is 1. The Labute approximate surface area is 93.7 Å². The van der Waals surface area contributed by atoms with Crippen LogP contribution < -0.4 is 0 Å². The third kappa shape index (κ3) is 2.31. The lowest BCUT2D eigenvalue weighted by Crippen LogP contribution is -1.81. The molecule has 1 aromatic heterocycles. The molecule has 2 aromatic rings. The van der Waals surface area contributed by atoms with Crippen LogP contribution in [0.5, 0.6) is 0 Å². The van der Waals surface area contributed by atoms with Gasteiger partial charge in [-0.3, -0.25) is 0 Å². The second kappa shape index (κ2) is 4.85. The van der Waals surface area contributed by atoms with Gasteiger partial charge in [0, 0.05) is 0 Å². The molecule has 0 aliphatic heterocycles. The Morgan fingerprint density at radius 3 is 2.69 bits per heavy atom. The van der Waals surface area contributed by atoms with Crippen LogP contribution in [-0.2, 0) is 0 Å². The Morgan fingerprint density at radius 2 is 1.94 bits per heavy atom. The minimum Gasteiger partial charge on any atom is -0.192 e. The highest BCUT2D eigenvalue weighted by atomic mass is 15.1. The summed E-state index contributed by atoms with van der Waals surface area (Å²) in [6, 6.07) is 11.5. The Hall–Kier alpha value is -2.47. The van der Waals surface area contributed by atoms with Crippen LogP contribution in [0.1, 0.15) is 16.7 Å². The van der Waals surface area contributed by atoms with E-state index in [1.165, 1.54) is 0 Å². The number of hydrogen-bond acceptors (Lipinski definition) is 3. The SMILES string of the molecule is N#Cc1ccccc1C=Cc1ccnnc1. The lowest BCUT2D eigenvalue weighted by Gasteiger charge is -1.96. The van der Waals surface area contributed by atoms with Gasteiger partial charge in [-0.2, -0.15) is 15.5 Å². The smallest absolute Gasteiger partial charge is 0.0997 e. The molecule has 0 aliphatic carbocycles. The van der Waals surface area contributed by atoms with Gasteiger partial charge >= 0.3 is 0 Å². The van der Waals surface area contributed by atoms with Crippen molar-refractivity contribution in [1.29, 1.82) is 5.26 Å². The van der Waals surface area contributed by atoms with E-state index < -0.39 is 0 Å². The van der Waals surface area contributed by atoms with E-state index in [2.05, 4.69) is 16.3 Å². The summed E-state index contributed by atoms with van der Waals surface area (Å²) < 4.78 is 0. The Balaban J connectivity index is 2.28. The lowest BCUT2D eigenvalue weighted by atomic mass is 10.1. The molecule has 0 bridgehead atoms. The highest BCUT2D eigenvalue weighted by Crippen LogP contribution is 2.11. The van der Waals surface area contributed by atoms with Crippen molar-refractivity contribution in [2.75, 3.05) is 0 Å². The maximum atomic E-state index is 8.91. The fraction of sp³-hybridized carbons (Fsp3) is 0. The topological polar surface area (TPSA) is 49.6 Å². The van der Waals surface area contributed by atoms with Crippen molar-refractivity contribution in [2.24, 2.45) is 0 Å². The molecule has 0 spiro atoms. The first-order valence-electron chi connectivity index (χ1n) is 4.84. The van der Waals surface area contributed by atoms with E-state index in [1.807, 2.05) is 36.4 Å². The molecule has 76 valence electrons. The van der Waals surface area contributed by atoms with E-state index in [9.17, 15) is 0 Å². The van der Waals surface area contributed by atoms with Gasteiger partial charge in [0.1, 0.15) is 0 Å². The van der Waals surface area contributed by atoms with Gasteiger partial charge in [0.2, 0.25) is 0 Å². The first-order valence-corrected chi connectivity index (χ1v) is 4.84. The standard InChI is InChI=1S/C13H9N3/c14-9-13-4-2-1-3-12(13)6-5-11-7-8-15-16-10-11/h1-8,10H. The summed E-state index contributed by atoms with van der Waals surface area (Å²) in [5.74, 6) is 0. The van der Waals surface area contributed by atoms with Gasteiger partial charge < -0.3 is 0 Å². The third-order valence-corrected chi connectivity index (χ3v) is 2.14. The highest BCUT2D eigenvalue weighted by molar-refractivity contribution is 5.72.